The van der Waals surface area contributed by atoms with Crippen molar-refractivity contribution >= 4 is 5.96 Å². The number of methoxy groups -OCH3 is 1. The third kappa shape index (κ3) is 6.24. The average molecular weight is 267 g/mol. The van der Waals surface area contributed by atoms with Gasteiger partial charge in [0.2, 0.25) is 0 Å². The Balaban J connectivity index is 2.19. The van der Waals surface area contributed by atoms with Crippen LogP contribution in [0.2, 0.25) is 0 Å². The van der Waals surface area contributed by atoms with E-state index in [9.17, 15) is 0 Å². The molecule has 0 fully saturated rings. The monoisotopic (exact) mass is 267 g/mol. The Kier molecular flexibility index (Phi) is 6.95. The van der Waals surface area contributed by atoms with Crippen molar-refractivity contribution in [2.24, 2.45) is 12.0 Å². The molecule has 0 radical (unpaired) electrons. The second-order valence-corrected chi connectivity index (χ2v) is 4.63. The molecule has 1 atom stereocenters. The van der Waals surface area contributed by atoms with E-state index in [1.165, 1.54) is 5.56 Å². The number of nitrogens with zero attached hydrogens (tertiary/aromatic N) is 3. The summed E-state index contributed by atoms with van der Waals surface area (Å²) in [6.07, 6.45) is 6.03. The largest absolute Gasteiger partial charge is 0.383 e. The molecule has 1 unspecified atom stereocenters. The van der Waals surface area contributed by atoms with E-state index >= 15 is 0 Å². The Morgan fingerprint density at radius 2 is 2.37 bits per heavy atom. The zero-order valence-corrected chi connectivity index (χ0v) is 12.3. The van der Waals surface area contributed by atoms with Crippen molar-refractivity contribution in [1.82, 2.24) is 20.4 Å². The fourth-order valence-electron chi connectivity index (χ4n) is 1.82. The first-order chi connectivity index (χ1) is 9.15. The molecule has 0 bridgehead atoms. The summed E-state index contributed by atoms with van der Waals surface area (Å²) < 4.78 is 6.91. The standard InChI is InChI=1S/C13H25N5O/c1-11(10-19-4)17-13(14-2)15-7-5-6-12-8-16-18(3)9-12/h8-9,11H,5-7,10H2,1-4H3,(H2,14,15,17). The number of rotatable bonds is 7. The lowest BCUT2D eigenvalue weighted by atomic mass is 10.2. The van der Waals surface area contributed by atoms with Crippen LogP contribution in [0.25, 0.3) is 0 Å². The number of hydrogen-bond acceptors (Lipinski definition) is 3. The third-order valence-corrected chi connectivity index (χ3v) is 2.72. The number of nitrogens with one attached hydrogen (secondary N) is 2. The molecule has 0 amide bonds. The zero-order chi connectivity index (χ0) is 14.1. The van der Waals surface area contributed by atoms with Gasteiger partial charge in [-0.15, -0.1) is 0 Å². The molecule has 0 aromatic carbocycles. The lowest BCUT2D eigenvalue weighted by molar-refractivity contribution is 0.179. The minimum absolute atomic E-state index is 0.245. The van der Waals surface area contributed by atoms with Gasteiger partial charge >= 0.3 is 0 Å². The topological polar surface area (TPSA) is 63.5 Å². The molecule has 6 nitrogen and oxygen atoms in total. The summed E-state index contributed by atoms with van der Waals surface area (Å²) in [5.74, 6) is 0.815. The van der Waals surface area contributed by atoms with Gasteiger partial charge in [0.05, 0.1) is 12.8 Å². The molecule has 0 aliphatic rings. The summed E-state index contributed by atoms with van der Waals surface area (Å²) in [6.45, 7) is 3.61. The van der Waals surface area contributed by atoms with Gasteiger partial charge in [-0.1, -0.05) is 0 Å². The molecule has 0 spiro atoms. The Bertz CT molecular complexity index is 388. The number of aliphatic imine (C=N–C) groups is 1. The molecule has 1 heterocycles. The van der Waals surface area contributed by atoms with E-state index in [4.69, 9.17) is 4.74 Å². The maximum absolute atomic E-state index is 5.08. The van der Waals surface area contributed by atoms with Gasteiger partial charge in [0.25, 0.3) is 0 Å². The van der Waals surface area contributed by atoms with Gasteiger partial charge in [-0.25, -0.2) is 0 Å². The molecule has 1 aromatic heterocycles. The molecule has 1 aromatic rings. The highest BCUT2D eigenvalue weighted by Crippen LogP contribution is 1.99. The maximum atomic E-state index is 5.08. The van der Waals surface area contributed by atoms with E-state index in [2.05, 4.69) is 27.6 Å². The summed E-state index contributed by atoms with van der Waals surface area (Å²) in [7, 11) is 5.41. The molecule has 1 rings (SSSR count). The van der Waals surface area contributed by atoms with Crippen molar-refractivity contribution in [2.75, 3.05) is 27.3 Å². The highest BCUT2D eigenvalue weighted by Gasteiger charge is 2.04. The Labute approximate surface area is 115 Å². The highest BCUT2D eigenvalue weighted by atomic mass is 16.5. The summed E-state index contributed by atoms with van der Waals surface area (Å²) in [4.78, 5) is 4.18. The van der Waals surface area contributed by atoms with Gasteiger partial charge in [-0.3, -0.25) is 9.67 Å². The zero-order valence-electron chi connectivity index (χ0n) is 12.3. The van der Waals surface area contributed by atoms with Crippen LogP contribution in [0.1, 0.15) is 18.9 Å². The van der Waals surface area contributed by atoms with Gasteiger partial charge in [0.1, 0.15) is 0 Å². The summed E-state index contributed by atoms with van der Waals surface area (Å²) in [6, 6.07) is 0.245. The maximum Gasteiger partial charge on any atom is 0.191 e. The normalized spacial score (nSPS) is 13.4. The first-order valence-electron chi connectivity index (χ1n) is 6.59. The van der Waals surface area contributed by atoms with Gasteiger partial charge in [-0.2, -0.15) is 5.10 Å². The first-order valence-corrected chi connectivity index (χ1v) is 6.59. The number of aryl methyl sites for hydroxylation is 2. The number of aromatic nitrogens is 2. The minimum Gasteiger partial charge on any atom is -0.383 e. The highest BCUT2D eigenvalue weighted by molar-refractivity contribution is 5.79. The molecular weight excluding hydrogens is 242 g/mol. The van der Waals surface area contributed by atoms with E-state index in [0.29, 0.717) is 6.61 Å². The number of guanidine groups is 1. The van der Waals surface area contributed by atoms with E-state index in [-0.39, 0.29) is 6.04 Å². The van der Waals surface area contributed by atoms with Crippen molar-refractivity contribution in [2.45, 2.75) is 25.8 Å². The quantitative estimate of drug-likeness (QED) is 0.430. The van der Waals surface area contributed by atoms with E-state index < -0.39 is 0 Å². The summed E-state index contributed by atoms with van der Waals surface area (Å²) in [5.41, 5.74) is 1.26. The first kappa shape index (κ1) is 15.5. The number of hydrogen-bond donors (Lipinski definition) is 2. The molecule has 0 aliphatic heterocycles. The van der Waals surface area contributed by atoms with Gasteiger partial charge in [0.15, 0.2) is 5.96 Å². The van der Waals surface area contributed by atoms with Crippen LogP contribution in [0.5, 0.6) is 0 Å². The molecule has 108 valence electrons. The van der Waals surface area contributed by atoms with Crippen LogP contribution < -0.4 is 10.6 Å². The second-order valence-electron chi connectivity index (χ2n) is 4.63. The average Bonchev–Trinajstić information content (AvgIpc) is 2.79. The predicted octanol–water partition coefficient (Wildman–Crippen LogP) is 0.553. The van der Waals surface area contributed by atoms with Crippen LogP contribution in [-0.4, -0.2) is 49.1 Å². The molecule has 6 heteroatoms. The number of ether oxygens (including phenoxy) is 1. The predicted molar refractivity (Wildman–Crippen MR) is 77.4 cm³/mol. The molecule has 0 aliphatic carbocycles. The van der Waals surface area contributed by atoms with E-state index in [1.807, 2.05) is 24.1 Å². The van der Waals surface area contributed by atoms with Gasteiger partial charge in [-0.05, 0) is 25.3 Å². The lowest BCUT2D eigenvalue weighted by Gasteiger charge is -2.17. The van der Waals surface area contributed by atoms with Gasteiger partial charge < -0.3 is 15.4 Å². The van der Waals surface area contributed by atoms with Crippen molar-refractivity contribution in [3.05, 3.63) is 18.0 Å². The van der Waals surface area contributed by atoms with Gasteiger partial charge in [0, 0.05) is 40.0 Å². The van der Waals surface area contributed by atoms with Crippen LogP contribution in [0.3, 0.4) is 0 Å². The van der Waals surface area contributed by atoms with Crippen LogP contribution in [0.15, 0.2) is 17.4 Å². The second kappa shape index (κ2) is 8.53. The van der Waals surface area contributed by atoms with Crippen molar-refractivity contribution in [3.8, 4) is 0 Å². The smallest absolute Gasteiger partial charge is 0.191 e. The van der Waals surface area contributed by atoms with Crippen molar-refractivity contribution < 1.29 is 4.74 Å². The summed E-state index contributed by atoms with van der Waals surface area (Å²) in [5, 5.41) is 10.7. The minimum atomic E-state index is 0.245. The third-order valence-electron chi connectivity index (χ3n) is 2.72. The molecule has 19 heavy (non-hydrogen) atoms. The molecule has 0 saturated carbocycles. The fraction of sp³-hybridized carbons (Fsp3) is 0.692. The molecule has 2 N–H and O–H groups in total. The fourth-order valence-corrected chi connectivity index (χ4v) is 1.82. The Morgan fingerprint density at radius 1 is 1.58 bits per heavy atom. The molecule has 0 saturated heterocycles. The Morgan fingerprint density at radius 3 is 2.95 bits per heavy atom. The lowest BCUT2D eigenvalue weighted by Crippen LogP contribution is -2.44. The van der Waals surface area contributed by atoms with Crippen LogP contribution >= 0.6 is 0 Å². The summed E-state index contributed by atoms with van der Waals surface area (Å²) >= 11 is 0. The van der Waals surface area contributed by atoms with Crippen molar-refractivity contribution in [1.29, 1.82) is 0 Å². The van der Waals surface area contributed by atoms with Crippen molar-refractivity contribution in [3.63, 3.8) is 0 Å². The van der Waals surface area contributed by atoms with Crippen LogP contribution in [-0.2, 0) is 18.2 Å². The Hall–Kier alpha value is -1.56. The van der Waals surface area contributed by atoms with E-state index in [1.54, 1.807) is 14.2 Å². The SMILES string of the molecule is CN=C(NCCCc1cnn(C)c1)NC(C)COC. The van der Waals surface area contributed by atoms with Crippen LogP contribution in [0.4, 0.5) is 0 Å². The van der Waals surface area contributed by atoms with E-state index in [0.717, 1.165) is 25.3 Å². The van der Waals surface area contributed by atoms with Crippen LogP contribution in [0, 0.1) is 0 Å². The molecular formula is C13H25N5O.